The third-order valence-electron chi connectivity index (χ3n) is 3.86. The van der Waals surface area contributed by atoms with Crippen LogP contribution in [-0.2, 0) is 4.79 Å². The van der Waals surface area contributed by atoms with Crippen LogP contribution in [0.4, 0.5) is 5.95 Å². The first-order chi connectivity index (χ1) is 14.0. The van der Waals surface area contributed by atoms with Crippen LogP contribution in [0.1, 0.15) is 31.9 Å². The third-order valence-corrected chi connectivity index (χ3v) is 4.59. The molecule has 0 radical (unpaired) electrons. The van der Waals surface area contributed by atoms with Crippen molar-refractivity contribution in [2.45, 2.75) is 32.0 Å². The molecule has 0 unspecified atom stereocenters. The van der Waals surface area contributed by atoms with Gasteiger partial charge in [0.1, 0.15) is 5.75 Å². The van der Waals surface area contributed by atoms with E-state index in [1.165, 1.54) is 11.8 Å². The third kappa shape index (κ3) is 5.96. The maximum atomic E-state index is 13.0. The van der Waals surface area contributed by atoms with Crippen LogP contribution in [0, 0.1) is 0 Å². The molecular weight excluding hydrogens is 384 g/mol. The highest BCUT2D eigenvalue weighted by molar-refractivity contribution is 7.99. The quantitative estimate of drug-likeness (QED) is 0.315. The van der Waals surface area contributed by atoms with Crippen molar-refractivity contribution < 1.29 is 9.53 Å². The maximum Gasteiger partial charge on any atom is 0.258 e. The Balaban J connectivity index is 1.86. The van der Waals surface area contributed by atoms with E-state index >= 15 is 0 Å². The van der Waals surface area contributed by atoms with Gasteiger partial charge in [-0.3, -0.25) is 10.1 Å². The number of anilines is 1. The zero-order valence-electron chi connectivity index (χ0n) is 16.7. The first kappa shape index (κ1) is 20.7. The number of aromatic nitrogens is 3. The van der Waals surface area contributed by atoms with Gasteiger partial charge in [-0.05, 0) is 48.9 Å². The molecule has 0 spiro atoms. The molecule has 6 nitrogen and oxygen atoms in total. The Morgan fingerprint density at radius 1 is 1.17 bits per heavy atom. The van der Waals surface area contributed by atoms with Crippen LogP contribution < -0.4 is 10.1 Å². The standard InChI is InChI=1S/C22H24N4O2S/c1-4-29-22-24-21(25-26-22)23-20(27)19(17-8-6-5-7-9-17)14-16-10-12-18(13-11-16)28-15(2)3/h5-15H,4H2,1-3H3,(H2,23,24,25,26,27)/b19-14+. The minimum absolute atomic E-state index is 0.111. The summed E-state index contributed by atoms with van der Waals surface area (Å²) in [5.41, 5.74) is 2.24. The minimum Gasteiger partial charge on any atom is -0.491 e. The molecule has 1 aromatic heterocycles. The van der Waals surface area contributed by atoms with Gasteiger partial charge in [0.2, 0.25) is 11.1 Å². The summed E-state index contributed by atoms with van der Waals surface area (Å²) in [6.07, 6.45) is 1.96. The molecule has 3 aromatic rings. The van der Waals surface area contributed by atoms with Crippen LogP contribution in [-0.4, -0.2) is 32.9 Å². The molecule has 2 aromatic carbocycles. The maximum absolute atomic E-state index is 13.0. The molecule has 3 rings (SSSR count). The lowest BCUT2D eigenvalue weighted by molar-refractivity contribution is -0.111. The fourth-order valence-corrected chi connectivity index (χ4v) is 3.17. The van der Waals surface area contributed by atoms with Crippen LogP contribution in [0.2, 0.25) is 0 Å². The number of benzene rings is 2. The Kier molecular flexibility index (Phi) is 7.08. The van der Waals surface area contributed by atoms with Crippen LogP contribution in [0.25, 0.3) is 11.6 Å². The summed E-state index contributed by atoms with van der Waals surface area (Å²) in [5.74, 6) is 1.72. The molecule has 2 N–H and O–H groups in total. The van der Waals surface area contributed by atoms with Gasteiger partial charge in [0.25, 0.3) is 5.91 Å². The molecule has 0 aliphatic heterocycles. The van der Waals surface area contributed by atoms with Gasteiger partial charge in [-0.1, -0.05) is 61.2 Å². The van der Waals surface area contributed by atoms with E-state index in [-0.39, 0.29) is 12.0 Å². The Morgan fingerprint density at radius 3 is 2.55 bits per heavy atom. The van der Waals surface area contributed by atoms with Crippen LogP contribution in [0.5, 0.6) is 5.75 Å². The van der Waals surface area contributed by atoms with Crippen LogP contribution >= 0.6 is 11.8 Å². The van der Waals surface area contributed by atoms with Gasteiger partial charge in [0.15, 0.2) is 0 Å². The summed E-state index contributed by atoms with van der Waals surface area (Å²) >= 11 is 1.50. The van der Waals surface area contributed by atoms with Crippen molar-refractivity contribution in [2.24, 2.45) is 0 Å². The molecule has 7 heteroatoms. The molecule has 0 bridgehead atoms. The van der Waals surface area contributed by atoms with E-state index in [4.69, 9.17) is 4.74 Å². The molecule has 0 aliphatic rings. The summed E-state index contributed by atoms with van der Waals surface area (Å²) in [6, 6.07) is 17.2. The van der Waals surface area contributed by atoms with E-state index in [9.17, 15) is 4.79 Å². The molecular formula is C22H24N4O2S. The number of amides is 1. The molecule has 0 fully saturated rings. The SMILES string of the molecule is CCSc1n[nH]c(NC(=O)/C(=C/c2ccc(OC(C)C)cc2)c2ccccc2)n1. The first-order valence-corrected chi connectivity index (χ1v) is 10.4. The number of nitrogens with one attached hydrogen (secondary N) is 2. The molecule has 150 valence electrons. The number of aromatic amines is 1. The number of rotatable bonds is 8. The van der Waals surface area contributed by atoms with Crippen molar-refractivity contribution in [3.63, 3.8) is 0 Å². The predicted octanol–water partition coefficient (Wildman–Crippen LogP) is 4.88. The van der Waals surface area contributed by atoms with Crippen molar-refractivity contribution in [2.75, 3.05) is 11.1 Å². The highest BCUT2D eigenvalue weighted by atomic mass is 32.2. The number of hydrogen-bond donors (Lipinski definition) is 2. The highest BCUT2D eigenvalue weighted by Gasteiger charge is 2.15. The molecule has 0 aliphatic carbocycles. The number of carbonyl (C=O) groups excluding carboxylic acids is 1. The van der Waals surface area contributed by atoms with Gasteiger partial charge in [0, 0.05) is 5.57 Å². The number of nitrogens with zero attached hydrogens (tertiary/aromatic N) is 2. The molecule has 0 saturated heterocycles. The average molecular weight is 409 g/mol. The van der Waals surface area contributed by atoms with E-state index in [1.54, 1.807) is 0 Å². The van der Waals surface area contributed by atoms with Gasteiger partial charge in [-0.15, -0.1) is 5.10 Å². The molecule has 0 atom stereocenters. The fourth-order valence-electron chi connectivity index (χ4n) is 2.65. The molecule has 1 heterocycles. The van der Waals surface area contributed by atoms with Crippen LogP contribution in [0.3, 0.4) is 0 Å². The van der Waals surface area contributed by atoms with Gasteiger partial charge in [0.05, 0.1) is 6.10 Å². The summed E-state index contributed by atoms with van der Waals surface area (Å²) in [7, 11) is 0. The van der Waals surface area contributed by atoms with E-state index in [2.05, 4.69) is 20.5 Å². The average Bonchev–Trinajstić information content (AvgIpc) is 3.14. The number of thioether (sulfide) groups is 1. The molecule has 29 heavy (non-hydrogen) atoms. The second kappa shape index (κ2) is 9.93. The van der Waals surface area contributed by atoms with Crippen molar-refractivity contribution in [1.82, 2.24) is 15.2 Å². The lowest BCUT2D eigenvalue weighted by Gasteiger charge is -2.10. The van der Waals surface area contributed by atoms with E-state index in [0.29, 0.717) is 16.7 Å². The smallest absolute Gasteiger partial charge is 0.258 e. The van der Waals surface area contributed by atoms with Crippen molar-refractivity contribution in [3.05, 3.63) is 65.7 Å². The van der Waals surface area contributed by atoms with Crippen molar-refractivity contribution >= 4 is 35.3 Å². The van der Waals surface area contributed by atoms with Gasteiger partial charge < -0.3 is 4.74 Å². The summed E-state index contributed by atoms with van der Waals surface area (Å²) in [6.45, 7) is 5.99. The number of carbonyl (C=O) groups is 1. The Hall–Kier alpha value is -3.06. The summed E-state index contributed by atoms with van der Waals surface area (Å²) in [4.78, 5) is 17.3. The monoisotopic (exact) mass is 408 g/mol. The zero-order valence-corrected chi connectivity index (χ0v) is 17.5. The highest BCUT2D eigenvalue weighted by Crippen LogP contribution is 2.22. The summed E-state index contributed by atoms with van der Waals surface area (Å²) < 4.78 is 5.69. The second-order valence-electron chi connectivity index (χ2n) is 6.51. The van der Waals surface area contributed by atoms with E-state index < -0.39 is 0 Å². The first-order valence-electron chi connectivity index (χ1n) is 9.45. The second-order valence-corrected chi connectivity index (χ2v) is 7.74. The lowest BCUT2D eigenvalue weighted by Crippen LogP contribution is -2.14. The Labute approximate surface area is 174 Å². The Morgan fingerprint density at radius 2 is 1.90 bits per heavy atom. The lowest BCUT2D eigenvalue weighted by atomic mass is 10.0. The number of ether oxygens (including phenoxy) is 1. The van der Waals surface area contributed by atoms with E-state index in [1.807, 2.05) is 81.4 Å². The summed E-state index contributed by atoms with van der Waals surface area (Å²) in [5, 5.41) is 10.3. The fraction of sp³-hybridized carbons (Fsp3) is 0.227. The minimum atomic E-state index is -0.261. The molecule has 1 amide bonds. The van der Waals surface area contributed by atoms with Gasteiger partial charge >= 0.3 is 0 Å². The number of H-pyrrole nitrogens is 1. The van der Waals surface area contributed by atoms with Gasteiger partial charge in [-0.2, -0.15) is 4.98 Å². The molecule has 0 saturated carbocycles. The zero-order chi connectivity index (χ0) is 20.6. The largest absolute Gasteiger partial charge is 0.491 e. The van der Waals surface area contributed by atoms with E-state index in [0.717, 1.165) is 22.6 Å². The topological polar surface area (TPSA) is 79.9 Å². The number of hydrogen-bond acceptors (Lipinski definition) is 5. The van der Waals surface area contributed by atoms with Crippen molar-refractivity contribution in [1.29, 1.82) is 0 Å². The predicted molar refractivity (Wildman–Crippen MR) is 118 cm³/mol. The Bertz CT molecular complexity index is 966. The normalized spacial score (nSPS) is 11.5. The van der Waals surface area contributed by atoms with Gasteiger partial charge in [-0.25, -0.2) is 5.10 Å². The van der Waals surface area contributed by atoms with Crippen molar-refractivity contribution in [3.8, 4) is 5.75 Å². The van der Waals surface area contributed by atoms with Crippen LogP contribution in [0.15, 0.2) is 59.8 Å².